The minimum absolute atomic E-state index is 0.125. The predicted molar refractivity (Wildman–Crippen MR) is 42.2 cm³/mol. The molecule has 0 aromatic heterocycles. The fourth-order valence-electron chi connectivity index (χ4n) is 1.71. The second-order valence-electron chi connectivity index (χ2n) is 3.31. The van der Waals surface area contributed by atoms with Crippen LogP contribution in [0.1, 0.15) is 32.1 Å². The maximum Gasteiger partial charge on any atom is 0.303 e. The highest BCUT2D eigenvalue weighted by Gasteiger charge is 2.23. The van der Waals surface area contributed by atoms with Gasteiger partial charge >= 0.3 is 5.97 Å². The molecule has 0 radical (unpaired) electrons. The lowest BCUT2D eigenvalue weighted by molar-refractivity contribution is -0.138. The van der Waals surface area contributed by atoms with Gasteiger partial charge in [-0.05, 0) is 18.8 Å². The van der Waals surface area contributed by atoms with Crippen LogP contribution in [-0.2, 0) is 4.79 Å². The Hall–Kier alpha value is -0.570. The average molecular weight is 157 g/mol. The van der Waals surface area contributed by atoms with Gasteiger partial charge in [-0.1, -0.05) is 12.8 Å². The average Bonchev–Trinajstić information content (AvgIpc) is 1.93. The molecule has 2 atom stereocenters. The number of nitrogens with two attached hydrogens (primary N) is 1. The third-order valence-electron chi connectivity index (χ3n) is 2.40. The SMILES string of the molecule is NC1CCCCC1CC(=O)O. The molecule has 11 heavy (non-hydrogen) atoms. The number of carbonyl (C=O) groups is 1. The quantitative estimate of drug-likeness (QED) is 0.628. The first kappa shape index (κ1) is 8.53. The first-order chi connectivity index (χ1) is 5.20. The molecule has 0 aromatic carbocycles. The Morgan fingerprint density at radius 3 is 2.64 bits per heavy atom. The van der Waals surface area contributed by atoms with Gasteiger partial charge in [0, 0.05) is 12.5 Å². The predicted octanol–water partition coefficient (Wildman–Crippen LogP) is 0.979. The topological polar surface area (TPSA) is 63.3 Å². The Balaban J connectivity index is 2.35. The number of aliphatic carboxylic acids is 1. The molecule has 1 saturated carbocycles. The van der Waals surface area contributed by atoms with Gasteiger partial charge < -0.3 is 10.8 Å². The number of carboxylic acid groups (broad SMARTS) is 1. The lowest BCUT2D eigenvalue weighted by atomic mass is 9.83. The molecule has 0 amide bonds. The maximum atomic E-state index is 10.4. The Morgan fingerprint density at radius 2 is 2.09 bits per heavy atom. The van der Waals surface area contributed by atoms with Crippen molar-refractivity contribution in [2.45, 2.75) is 38.1 Å². The van der Waals surface area contributed by atoms with Crippen LogP contribution in [0.4, 0.5) is 0 Å². The number of hydrogen-bond donors (Lipinski definition) is 2. The van der Waals surface area contributed by atoms with Gasteiger partial charge in [0.25, 0.3) is 0 Å². The van der Waals surface area contributed by atoms with Crippen LogP contribution in [0, 0.1) is 5.92 Å². The van der Waals surface area contributed by atoms with E-state index in [9.17, 15) is 4.79 Å². The minimum atomic E-state index is -0.715. The summed E-state index contributed by atoms with van der Waals surface area (Å²) in [5.41, 5.74) is 5.76. The largest absolute Gasteiger partial charge is 0.481 e. The molecule has 2 unspecified atom stereocenters. The van der Waals surface area contributed by atoms with Gasteiger partial charge in [-0.2, -0.15) is 0 Å². The molecule has 0 heterocycles. The third-order valence-corrected chi connectivity index (χ3v) is 2.40. The highest BCUT2D eigenvalue weighted by molar-refractivity contribution is 5.67. The fraction of sp³-hybridized carbons (Fsp3) is 0.875. The Morgan fingerprint density at radius 1 is 1.45 bits per heavy atom. The molecule has 1 aliphatic carbocycles. The second kappa shape index (κ2) is 3.72. The van der Waals surface area contributed by atoms with Crippen LogP contribution in [0.15, 0.2) is 0 Å². The van der Waals surface area contributed by atoms with Gasteiger partial charge in [-0.25, -0.2) is 0 Å². The van der Waals surface area contributed by atoms with E-state index < -0.39 is 5.97 Å². The fourth-order valence-corrected chi connectivity index (χ4v) is 1.71. The van der Waals surface area contributed by atoms with Crippen molar-refractivity contribution in [3.63, 3.8) is 0 Å². The van der Waals surface area contributed by atoms with Crippen LogP contribution in [0.25, 0.3) is 0 Å². The van der Waals surface area contributed by atoms with Crippen molar-refractivity contribution in [2.75, 3.05) is 0 Å². The van der Waals surface area contributed by atoms with Crippen LogP contribution in [0.3, 0.4) is 0 Å². The van der Waals surface area contributed by atoms with Crippen LogP contribution in [0.2, 0.25) is 0 Å². The molecule has 0 spiro atoms. The van der Waals surface area contributed by atoms with Crippen molar-refractivity contribution in [1.29, 1.82) is 0 Å². The summed E-state index contributed by atoms with van der Waals surface area (Å²) in [6.45, 7) is 0. The Bertz CT molecular complexity index is 147. The Labute approximate surface area is 66.6 Å². The van der Waals surface area contributed by atoms with E-state index in [0.29, 0.717) is 0 Å². The highest BCUT2D eigenvalue weighted by atomic mass is 16.4. The van der Waals surface area contributed by atoms with Crippen LogP contribution >= 0.6 is 0 Å². The van der Waals surface area contributed by atoms with Crippen molar-refractivity contribution in [1.82, 2.24) is 0 Å². The van der Waals surface area contributed by atoms with Gasteiger partial charge in [0.2, 0.25) is 0 Å². The van der Waals surface area contributed by atoms with Crippen molar-refractivity contribution >= 4 is 5.97 Å². The molecule has 3 heteroatoms. The van der Waals surface area contributed by atoms with Crippen LogP contribution in [-0.4, -0.2) is 17.1 Å². The molecule has 3 nitrogen and oxygen atoms in total. The number of carboxylic acids is 1. The van der Waals surface area contributed by atoms with E-state index in [1.165, 1.54) is 0 Å². The highest BCUT2D eigenvalue weighted by Crippen LogP contribution is 2.25. The van der Waals surface area contributed by atoms with E-state index in [0.717, 1.165) is 25.7 Å². The van der Waals surface area contributed by atoms with Gasteiger partial charge in [0.1, 0.15) is 0 Å². The third kappa shape index (κ3) is 2.50. The van der Waals surface area contributed by atoms with Crippen molar-refractivity contribution in [3.8, 4) is 0 Å². The summed E-state index contributed by atoms with van der Waals surface area (Å²) in [6, 6.07) is 0.125. The van der Waals surface area contributed by atoms with Crippen LogP contribution in [0.5, 0.6) is 0 Å². The molecule has 3 N–H and O–H groups in total. The summed E-state index contributed by atoms with van der Waals surface area (Å²) >= 11 is 0. The monoisotopic (exact) mass is 157 g/mol. The molecule has 1 rings (SSSR count). The summed E-state index contributed by atoms with van der Waals surface area (Å²) in [7, 11) is 0. The summed E-state index contributed by atoms with van der Waals surface area (Å²) in [5.74, 6) is -0.492. The lowest BCUT2D eigenvalue weighted by Crippen LogP contribution is -2.34. The summed E-state index contributed by atoms with van der Waals surface area (Å²) in [5, 5.41) is 8.53. The van der Waals surface area contributed by atoms with Gasteiger partial charge in [0.05, 0.1) is 0 Å². The smallest absolute Gasteiger partial charge is 0.303 e. The van der Waals surface area contributed by atoms with Gasteiger partial charge in [-0.15, -0.1) is 0 Å². The summed E-state index contributed by atoms with van der Waals surface area (Å²) in [4.78, 5) is 10.4. The molecule has 0 bridgehead atoms. The molecule has 1 aliphatic rings. The molecular formula is C8H15NO2. The molecule has 64 valence electrons. The molecule has 0 saturated heterocycles. The Kier molecular flexibility index (Phi) is 2.88. The van der Waals surface area contributed by atoms with Gasteiger partial charge in [0.15, 0.2) is 0 Å². The zero-order valence-corrected chi connectivity index (χ0v) is 6.62. The maximum absolute atomic E-state index is 10.4. The standard InChI is InChI=1S/C8H15NO2/c9-7-4-2-1-3-6(7)5-8(10)11/h6-7H,1-5,9H2,(H,10,11). The van der Waals surface area contributed by atoms with Crippen molar-refractivity contribution < 1.29 is 9.90 Å². The zero-order chi connectivity index (χ0) is 8.27. The van der Waals surface area contributed by atoms with Crippen molar-refractivity contribution in [3.05, 3.63) is 0 Å². The molecular weight excluding hydrogens is 142 g/mol. The first-order valence-electron chi connectivity index (χ1n) is 4.17. The first-order valence-corrected chi connectivity index (χ1v) is 4.17. The van der Waals surface area contributed by atoms with E-state index >= 15 is 0 Å². The van der Waals surface area contributed by atoms with E-state index in [2.05, 4.69) is 0 Å². The van der Waals surface area contributed by atoms with Crippen molar-refractivity contribution in [2.24, 2.45) is 11.7 Å². The number of hydrogen-bond acceptors (Lipinski definition) is 2. The number of rotatable bonds is 2. The second-order valence-corrected chi connectivity index (χ2v) is 3.31. The molecule has 0 aliphatic heterocycles. The molecule has 1 fully saturated rings. The van der Waals surface area contributed by atoms with Gasteiger partial charge in [-0.3, -0.25) is 4.79 Å². The van der Waals surface area contributed by atoms with E-state index in [-0.39, 0.29) is 18.4 Å². The summed E-state index contributed by atoms with van der Waals surface area (Å²) < 4.78 is 0. The normalized spacial score (nSPS) is 31.7. The van der Waals surface area contributed by atoms with E-state index in [4.69, 9.17) is 10.8 Å². The lowest BCUT2D eigenvalue weighted by Gasteiger charge is -2.26. The zero-order valence-electron chi connectivity index (χ0n) is 6.62. The molecule has 0 aromatic rings. The van der Waals surface area contributed by atoms with E-state index in [1.54, 1.807) is 0 Å². The summed E-state index contributed by atoms with van der Waals surface area (Å²) in [6.07, 6.45) is 4.55. The van der Waals surface area contributed by atoms with Crippen LogP contribution < -0.4 is 5.73 Å². The minimum Gasteiger partial charge on any atom is -0.481 e. The van der Waals surface area contributed by atoms with E-state index in [1.807, 2.05) is 0 Å².